The van der Waals surface area contributed by atoms with Crippen LogP contribution in [0.4, 0.5) is 0 Å². The number of hydrogen-bond acceptors (Lipinski definition) is 2. The molecule has 0 amide bonds. The Morgan fingerprint density at radius 1 is 1.06 bits per heavy atom. The van der Waals surface area contributed by atoms with Gasteiger partial charge in [0.25, 0.3) is 0 Å². The summed E-state index contributed by atoms with van der Waals surface area (Å²) in [6, 6.07) is 10.2. The molecule has 84 valence electrons. The third-order valence-corrected chi connectivity index (χ3v) is 3.88. The highest BCUT2D eigenvalue weighted by Crippen LogP contribution is 2.46. The van der Waals surface area contributed by atoms with E-state index in [1.54, 1.807) is 0 Å². The van der Waals surface area contributed by atoms with E-state index >= 15 is 0 Å². The van der Waals surface area contributed by atoms with Gasteiger partial charge in [0.2, 0.25) is 0 Å². The summed E-state index contributed by atoms with van der Waals surface area (Å²) in [4.78, 5) is 11.8. The Morgan fingerprint density at radius 2 is 1.81 bits per heavy atom. The lowest BCUT2D eigenvalue weighted by Crippen LogP contribution is -2.21. The van der Waals surface area contributed by atoms with Crippen molar-refractivity contribution in [2.45, 2.75) is 31.8 Å². The van der Waals surface area contributed by atoms with Crippen molar-refractivity contribution < 1.29 is 9.53 Å². The monoisotopic (exact) mass is 216 g/mol. The molecule has 0 radical (unpaired) electrons. The Labute approximate surface area is 95.6 Å². The van der Waals surface area contributed by atoms with E-state index in [2.05, 4.69) is 12.1 Å². The summed E-state index contributed by atoms with van der Waals surface area (Å²) in [5.74, 6) is 0.612. The minimum atomic E-state index is 0.0130. The fourth-order valence-electron chi connectivity index (χ4n) is 3.07. The number of ether oxygens (including phenoxy) is 1. The van der Waals surface area contributed by atoms with Crippen molar-refractivity contribution in [3.63, 3.8) is 0 Å². The van der Waals surface area contributed by atoms with Crippen LogP contribution in [0, 0.1) is 11.8 Å². The van der Waals surface area contributed by atoms with Crippen molar-refractivity contribution in [3.05, 3.63) is 35.9 Å². The molecule has 1 aliphatic heterocycles. The van der Waals surface area contributed by atoms with Gasteiger partial charge >= 0.3 is 5.97 Å². The third-order valence-electron chi connectivity index (χ3n) is 3.88. The van der Waals surface area contributed by atoms with Crippen molar-refractivity contribution >= 4 is 5.97 Å². The average Bonchev–Trinajstić information content (AvgIpc) is 2.69. The fourth-order valence-corrected chi connectivity index (χ4v) is 3.07. The van der Waals surface area contributed by atoms with Crippen molar-refractivity contribution in [1.82, 2.24) is 0 Å². The van der Waals surface area contributed by atoms with Gasteiger partial charge in [-0.25, -0.2) is 0 Å². The molecule has 1 aliphatic carbocycles. The van der Waals surface area contributed by atoms with Crippen molar-refractivity contribution in [2.75, 3.05) is 0 Å². The summed E-state index contributed by atoms with van der Waals surface area (Å²) in [5.41, 5.74) is 1.16. The summed E-state index contributed by atoms with van der Waals surface area (Å²) >= 11 is 0. The van der Waals surface area contributed by atoms with Crippen molar-refractivity contribution in [2.24, 2.45) is 11.8 Å². The molecule has 0 unspecified atom stereocenters. The third kappa shape index (κ3) is 1.53. The predicted molar refractivity (Wildman–Crippen MR) is 60.7 cm³/mol. The van der Waals surface area contributed by atoms with E-state index in [-0.39, 0.29) is 18.0 Å². The van der Waals surface area contributed by atoms with Crippen LogP contribution >= 0.6 is 0 Å². The molecular formula is C14H16O2. The Kier molecular flexibility index (Phi) is 2.43. The summed E-state index contributed by atoms with van der Waals surface area (Å²) < 4.78 is 5.56. The number of carbonyl (C=O) groups excluding carboxylic acids is 1. The Balaban J connectivity index is 1.89. The van der Waals surface area contributed by atoms with Gasteiger partial charge in [0.1, 0.15) is 6.10 Å². The van der Waals surface area contributed by atoms with Crippen LogP contribution < -0.4 is 0 Å². The van der Waals surface area contributed by atoms with Crippen LogP contribution in [0.25, 0.3) is 0 Å². The molecule has 0 bridgehead atoms. The highest BCUT2D eigenvalue weighted by Gasteiger charge is 2.45. The van der Waals surface area contributed by atoms with E-state index in [1.165, 1.54) is 12.8 Å². The molecule has 2 heteroatoms. The molecule has 16 heavy (non-hydrogen) atoms. The SMILES string of the molecule is O=C1O[C@@H](c2ccccc2)[C@H]2CCCC[C@H]12. The van der Waals surface area contributed by atoms with E-state index in [9.17, 15) is 4.79 Å². The molecule has 2 aliphatic rings. The molecule has 1 aromatic carbocycles. The van der Waals surface area contributed by atoms with Crippen LogP contribution in [0.5, 0.6) is 0 Å². The van der Waals surface area contributed by atoms with Crippen LogP contribution in [0.1, 0.15) is 37.4 Å². The highest BCUT2D eigenvalue weighted by molar-refractivity contribution is 5.75. The second kappa shape index (κ2) is 3.93. The van der Waals surface area contributed by atoms with Crippen LogP contribution in [-0.2, 0) is 9.53 Å². The molecule has 2 nitrogen and oxygen atoms in total. The minimum Gasteiger partial charge on any atom is -0.457 e. The minimum absolute atomic E-state index is 0.0130. The van der Waals surface area contributed by atoms with E-state index in [4.69, 9.17) is 4.74 Å². The molecule has 1 aromatic rings. The van der Waals surface area contributed by atoms with E-state index in [1.807, 2.05) is 18.2 Å². The quantitative estimate of drug-likeness (QED) is 0.674. The van der Waals surface area contributed by atoms with E-state index < -0.39 is 0 Å². The number of esters is 1. The first-order chi connectivity index (χ1) is 7.86. The number of fused-ring (bicyclic) bond motifs is 1. The van der Waals surface area contributed by atoms with Gasteiger partial charge in [-0.15, -0.1) is 0 Å². The van der Waals surface area contributed by atoms with Crippen LogP contribution in [-0.4, -0.2) is 5.97 Å². The molecular weight excluding hydrogens is 200 g/mol. The first-order valence-corrected chi connectivity index (χ1v) is 6.12. The first-order valence-electron chi connectivity index (χ1n) is 6.12. The van der Waals surface area contributed by atoms with Gasteiger partial charge in [0.05, 0.1) is 5.92 Å². The Hall–Kier alpha value is -1.31. The van der Waals surface area contributed by atoms with Gasteiger partial charge in [-0.05, 0) is 18.4 Å². The largest absolute Gasteiger partial charge is 0.457 e. The molecule has 0 N–H and O–H groups in total. The molecule has 1 saturated heterocycles. The normalized spacial score (nSPS) is 33.2. The molecule has 3 rings (SSSR count). The zero-order valence-electron chi connectivity index (χ0n) is 9.26. The van der Waals surface area contributed by atoms with Gasteiger partial charge in [-0.2, -0.15) is 0 Å². The molecule has 1 saturated carbocycles. The topological polar surface area (TPSA) is 26.3 Å². The predicted octanol–water partition coefficient (Wildman–Crippen LogP) is 3.09. The van der Waals surface area contributed by atoms with Crippen molar-refractivity contribution in [1.29, 1.82) is 0 Å². The van der Waals surface area contributed by atoms with Crippen LogP contribution in [0.2, 0.25) is 0 Å². The summed E-state index contributed by atoms with van der Waals surface area (Å²) in [6.07, 6.45) is 4.58. The number of carbonyl (C=O) groups is 1. The summed E-state index contributed by atoms with van der Waals surface area (Å²) in [7, 11) is 0. The second-order valence-electron chi connectivity index (χ2n) is 4.82. The first kappa shape index (κ1) is 9.88. The Morgan fingerprint density at radius 3 is 2.62 bits per heavy atom. The lowest BCUT2D eigenvalue weighted by molar-refractivity contribution is -0.144. The number of hydrogen-bond donors (Lipinski definition) is 0. The zero-order valence-corrected chi connectivity index (χ0v) is 9.26. The number of cyclic esters (lactones) is 1. The molecule has 1 heterocycles. The average molecular weight is 216 g/mol. The van der Waals surface area contributed by atoms with Crippen LogP contribution in [0.3, 0.4) is 0 Å². The van der Waals surface area contributed by atoms with Gasteiger partial charge in [0, 0.05) is 5.92 Å². The van der Waals surface area contributed by atoms with E-state index in [0.29, 0.717) is 5.92 Å². The fraction of sp³-hybridized carbons (Fsp3) is 0.500. The van der Waals surface area contributed by atoms with Gasteiger partial charge in [-0.1, -0.05) is 43.2 Å². The maximum absolute atomic E-state index is 11.8. The molecule has 0 aromatic heterocycles. The lowest BCUT2D eigenvalue weighted by atomic mass is 9.77. The zero-order chi connectivity index (χ0) is 11.0. The Bertz CT molecular complexity index is 385. The summed E-state index contributed by atoms with van der Waals surface area (Å²) in [6.45, 7) is 0. The maximum atomic E-state index is 11.8. The van der Waals surface area contributed by atoms with Crippen molar-refractivity contribution in [3.8, 4) is 0 Å². The van der Waals surface area contributed by atoms with Gasteiger partial charge in [0.15, 0.2) is 0 Å². The van der Waals surface area contributed by atoms with E-state index in [0.717, 1.165) is 18.4 Å². The lowest BCUT2D eigenvalue weighted by Gasteiger charge is -2.24. The van der Waals surface area contributed by atoms with Gasteiger partial charge in [-0.3, -0.25) is 4.79 Å². The summed E-state index contributed by atoms with van der Waals surface area (Å²) in [5, 5.41) is 0. The molecule has 3 atom stereocenters. The number of benzene rings is 1. The van der Waals surface area contributed by atoms with Crippen LogP contribution in [0.15, 0.2) is 30.3 Å². The standard InChI is InChI=1S/C14H16O2/c15-14-12-9-5-4-8-11(12)13(16-14)10-6-2-1-3-7-10/h1-3,6-7,11-13H,4-5,8-9H2/t11-,12-,13-/m0/s1. The van der Waals surface area contributed by atoms with Gasteiger partial charge < -0.3 is 4.74 Å². The second-order valence-corrected chi connectivity index (χ2v) is 4.82. The highest BCUT2D eigenvalue weighted by atomic mass is 16.6. The number of rotatable bonds is 1. The molecule has 0 spiro atoms. The molecule has 2 fully saturated rings. The maximum Gasteiger partial charge on any atom is 0.309 e. The smallest absolute Gasteiger partial charge is 0.309 e.